The average Bonchev–Trinajstić information content (AvgIpc) is 3.64. The maximum absolute atomic E-state index is 2.44. The van der Waals surface area contributed by atoms with Gasteiger partial charge in [-0.3, -0.25) is 0 Å². The molecule has 42 heavy (non-hydrogen) atoms. The Morgan fingerprint density at radius 2 is 0.929 bits per heavy atom. The van der Waals surface area contributed by atoms with Crippen molar-refractivity contribution in [1.82, 2.24) is 0 Å². The lowest BCUT2D eigenvalue weighted by atomic mass is 9.85. The molecule has 2 heterocycles. The van der Waals surface area contributed by atoms with Crippen molar-refractivity contribution < 1.29 is 0 Å². The molecule has 0 radical (unpaired) electrons. The lowest BCUT2D eigenvalue weighted by molar-refractivity contribution is 1.67. The van der Waals surface area contributed by atoms with Gasteiger partial charge >= 0.3 is 0 Å². The molecule has 0 aliphatic rings. The number of benzene rings is 7. The van der Waals surface area contributed by atoms with Crippen LogP contribution in [0.25, 0.3) is 85.2 Å². The van der Waals surface area contributed by atoms with Gasteiger partial charge in [0.05, 0.1) is 0 Å². The minimum absolute atomic E-state index is 1.25. The van der Waals surface area contributed by atoms with Crippen molar-refractivity contribution in [1.29, 1.82) is 0 Å². The third kappa shape index (κ3) is 3.53. The molecule has 0 atom stereocenters. The molecule has 0 fully saturated rings. The number of hydrogen-bond acceptors (Lipinski definition) is 2. The fourth-order valence-corrected chi connectivity index (χ4v) is 8.87. The maximum atomic E-state index is 2.44. The molecule has 9 rings (SSSR count). The van der Waals surface area contributed by atoms with E-state index in [1.807, 2.05) is 22.7 Å². The highest BCUT2D eigenvalue weighted by atomic mass is 32.1. The molecule has 0 nitrogen and oxygen atoms in total. The first-order valence-corrected chi connectivity index (χ1v) is 16.0. The van der Waals surface area contributed by atoms with Crippen LogP contribution in [0.4, 0.5) is 0 Å². The quantitative estimate of drug-likeness (QED) is 0.186. The Labute approximate surface area is 251 Å². The summed E-state index contributed by atoms with van der Waals surface area (Å²) in [5, 5.41) is 11.5. The Morgan fingerprint density at radius 3 is 1.60 bits per heavy atom. The Morgan fingerprint density at radius 1 is 0.357 bits per heavy atom. The maximum Gasteiger partial charge on any atom is 0.0362 e. The number of thiophene rings is 2. The van der Waals surface area contributed by atoms with Crippen LogP contribution in [-0.4, -0.2) is 0 Å². The molecule has 0 unspecified atom stereocenters. The second-order valence-electron chi connectivity index (χ2n) is 10.8. The number of rotatable bonds is 3. The zero-order valence-electron chi connectivity index (χ0n) is 22.7. The van der Waals surface area contributed by atoms with Crippen LogP contribution in [0.15, 0.2) is 145 Å². The van der Waals surface area contributed by atoms with Crippen LogP contribution in [-0.2, 0) is 0 Å². The average molecular weight is 569 g/mol. The van der Waals surface area contributed by atoms with Gasteiger partial charge in [-0.15, -0.1) is 22.7 Å². The monoisotopic (exact) mass is 568 g/mol. The summed E-state index contributed by atoms with van der Waals surface area (Å²) in [6, 6.07) is 51.2. The van der Waals surface area contributed by atoms with Crippen LogP contribution < -0.4 is 0 Å². The molecule has 2 aromatic heterocycles. The van der Waals surface area contributed by atoms with Gasteiger partial charge in [0.15, 0.2) is 0 Å². The largest absolute Gasteiger partial charge is 0.143 e. The first kappa shape index (κ1) is 23.9. The highest BCUT2D eigenvalue weighted by Gasteiger charge is 2.20. The Bertz CT molecular complexity index is 2390. The van der Waals surface area contributed by atoms with Gasteiger partial charge in [0, 0.05) is 35.8 Å². The topological polar surface area (TPSA) is 0 Å². The van der Waals surface area contributed by atoms with E-state index < -0.39 is 0 Å². The SMILES string of the molecule is c1ccc(-c2csc3cc4c(cc23)sc2cccc(-c3c5ccccc5c(-c5ccccc5)c5ccccc35)c24)cc1. The fraction of sp³-hybridized carbons (Fsp3) is 0. The van der Waals surface area contributed by atoms with Crippen molar-refractivity contribution in [2.75, 3.05) is 0 Å². The van der Waals surface area contributed by atoms with Gasteiger partial charge in [-0.05, 0) is 72.9 Å². The highest BCUT2D eigenvalue weighted by Crippen LogP contribution is 2.49. The van der Waals surface area contributed by atoms with Crippen LogP contribution in [0.5, 0.6) is 0 Å². The van der Waals surface area contributed by atoms with E-state index in [-0.39, 0.29) is 0 Å². The molecule has 0 saturated carbocycles. The van der Waals surface area contributed by atoms with Crippen LogP contribution in [0.1, 0.15) is 0 Å². The second kappa shape index (κ2) is 9.39. The first-order valence-electron chi connectivity index (χ1n) is 14.3. The van der Waals surface area contributed by atoms with E-state index in [1.54, 1.807) is 0 Å². The summed E-state index contributed by atoms with van der Waals surface area (Å²) in [5.74, 6) is 0. The lowest BCUT2D eigenvalue weighted by Gasteiger charge is -2.18. The van der Waals surface area contributed by atoms with Gasteiger partial charge in [0.2, 0.25) is 0 Å². The standard InChI is InChI=1S/C40H24S2/c1-3-12-25(13-4-1)34-24-41-36-23-33-37(22-32(34)36)42-35-21-11-20-31(40(33)35)39-29-18-9-7-16-27(29)38(26-14-5-2-6-15-26)28-17-8-10-19-30(28)39/h1-24H. The molecule has 0 aliphatic carbocycles. The molecular formula is C40H24S2. The predicted molar refractivity (Wildman–Crippen MR) is 186 cm³/mol. The second-order valence-corrected chi connectivity index (χ2v) is 12.8. The van der Waals surface area contributed by atoms with E-state index in [1.165, 1.54) is 85.2 Å². The molecule has 9 aromatic rings. The number of hydrogen-bond donors (Lipinski definition) is 0. The molecule has 196 valence electrons. The molecule has 0 spiro atoms. The van der Waals surface area contributed by atoms with Crippen molar-refractivity contribution in [3.63, 3.8) is 0 Å². The summed E-state index contributed by atoms with van der Waals surface area (Å²) in [7, 11) is 0. The van der Waals surface area contributed by atoms with Gasteiger partial charge in [0.25, 0.3) is 0 Å². The predicted octanol–water partition coefficient (Wildman–Crippen LogP) is 12.6. The highest BCUT2D eigenvalue weighted by molar-refractivity contribution is 7.26. The van der Waals surface area contributed by atoms with Crippen molar-refractivity contribution in [2.45, 2.75) is 0 Å². The fourth-order valence-electron chi connectivity index (χ4n) is 6.73. The molecule has 0 N–H and O–H groups in total. The van der Waals surface area contributed by atoms with E-state index in [4.69, 9.17) is 0 Å². The Kier molecular flexibility index (Phi) is 5.34. The summed E-state index contributed by atoms with van der Waals surface area (Å²) in [6.07, 6.45) is 0. The summed E-state index contributed by atoms with van der Waals surface area (Å²) < 4.78 is 4.02. The van der Waals surface area contributed by atoms with Crippen LogP contribution in [0.3, 0.4) is 0 Å². The van der Waals surface area contributed by atoms with Crippen LogP contribution in [0.2, 0.25) is 0 Å². The van der Waals surface area contributed by atoms with Crippen LogP contribution >= 0.6 is 22.7 Å². The third-order valence-electron chi connectivity index (χ3n) is 8.54. The molecule has 0 saturated heterocycles. The van der Waals surface area contributed by atoms with E-state index in [9.17, 15) is 0 Å². The van der Waals surface area contributed by atoms with Crippen molar-refractivity contribution in [3.05, 3.63) is 145 Å². The molecule has 2 heteroatoms. The van der Waals surface area contributed by atoms with E-state index in [0.29, 0.717) is 0 Å². The van der Waals surface area contributed by atoms with Crippen molar-refractivity contribution in [2.24, 2.45) is 0 Å². The van der Waals surface area contributed by atoms with Gasteiger partial charge in [-0.1, -0.05) is 121 Å². The summed E-state index contributed by atoms with van der Waals surface area (Å²) in [5.41, 5.74) is 7.80. The first-order chi connectivity index (χ1) is 20.8. The van der Waals surface area contributed by atoms with E-state index in [0.717, 1.165) is 0 Å². The van der Waals surface area contributed by atoms with Crippen molar-refractivity contribution in [3.8, 4) is 33.4 Å². The molecule has 0 amide bonds. The van der Waals surface area contributed by atoms with Gasteiger partial charge in [-0.25, -0.2) is 0 Å². The summed E-state index contributed by atoms with van der Waals surface area (Å²) in [4.78, 5) is 0. The number of fused-ring (bicyclic) bond motifs is 6. The van der Waals surface area contributed by atoms with Gasteiger partial charge in [-0.2, -0.15) is 0 Å². The summed E-state index contributed by atoms with van der Waals surface area (Å²) in [6.45, 7) is 0. The third-order valence-corrected chi connectivity index (χ3v) is 10.6. The van der Waals surface area contributed by atoms with Crippen LogP contribution in [0, 0.1) is 0 Å². The normalized spacial score (nSPS) is 11.8. The lowest BCUT2D eigenvalue weighted by Crippen LogP contribution is -1.91. The molecular weight excluding hydrogens is 545 g/mol. The Balaban J connectivity index is 1.39. The minimum atomic E-state index is 1.25. The Hall–Kier alpha value is -4.76. The van der Waals surface area contributed by atoms with Gasteiger partial charge in [0.1, 0.15) is 0 Å². The zero-order valence-corrected chi connectivity index (χ0v) is 24.3. The molecule has 0 bridgehead atoms. The smallest absolute Gasteiger partial charge is 0.0362 e. The van der Waals surface area contributed by atoms with Gasteiger partial charge < -0.3 is 0 Å². The van der Waals surface area contributed by atoms with Crippen molar-refractivity contribution >= 4 is 74.5 Å². The molecule has 7 aromatic carbocycles. The van der Waals surface area contributed by atoms with E-state index >= 15 is 0 Å². The zero-order chi connectivity index (χ0) is 27.6. The minimum Gasteiger partial charge on any atom is -0.143 e. The van der Waals surface area contributed by atoms with E-state index in [2.05, 4.69) is 145 Å². The summed E-state index contributed by atoms with van der Waals surface area (Å²) >= 11 is 3.75. The molecule has 0 aliphatic heterocycles.